The van der Waals surface area contributed by atoms with E-state index in [1.807, 2.05) is 43.3 Å². The summed E-state index contributed by atoms with van der Waals surface area (Å²) in [7, 11) is 0. The van der Waals surface area contributed by atoms with Crippen molar-refractivity contribution in [2.24, 2.45) is 0 Å². The topological polar surface area (TPSA) is 18.5 Å². The molecule has 6 heteroatoms. The number of thiocarbonyl (C=S) groups is 1. The fourth-order valence-corrected chi connectivity index (χ4v) is 3.52. The standard InChI is InChI=1S/C18H19Cl2N3S/c1-13-14(19)6-4-7-16(13)21-18(24)23-11-9-22(10-12-23)17-8-3-2-5-15(17)20/h2-8H,9-12H2,1H3,(H,21,24). The van der Waals surface area contributed by atoms with Gasteiger partial charge in [-0.05, 0) is 49.0 Å². The molecule has 0 unspecified atom stereocenters. The second kappa shape index (κ2) is 7.60. The number of benzene rings is 2. The molecular formula is C18H19Cl2N3S. The molecule has 0 amide bonds. The van der Waals surface area contributed by atoms with Gasteiger partial charge in [-0.25, -0.2) is 0 Å². The van der Waals surface area contributed by atoms with E-state index in [0.717, 1.165) is 58.3 Å². The van der Waals surface area contributed by atoms with Crippen LogP contribution < -0.4 is 10.2 Å². The first kappa shape index (κ1) is 17.3. The Labute approximate surface area is 158 Å². The summed E-state index contributed by atoms with van der Waals surface area (Å²) in [6.45, 7) is 5.48. The number of anilines is 2. The first-order chi connectivity index (χ1) is 11.6. The molecule has 1 heterocycles. The van der Waals surface area contributed by atoms with E-state index in [9.17, 15) is 0 Å². The molecular weight excluding hydrogens is 361 g/mol. The van der Waals surface area contributed by atoms with Crippen LogP contribution in [0.15, 0.2) is 42.5 Å². The largest absolute Gasteiger partial charge is 0.367 e. The van der Waals surface area contributed by atoms with Crippen LogP contribution in [0.2, 0.25) is 10.0 Å². The van der Waals surface area contributed by atoms with Gasteiger partial charge in [-0.1, -0.05) is 41.4 Å². The maximum absolute atomic E-state index is 6.29. The molecule has 3 nitrogen and oxygen atoms in total. The minimum atomic E-state index is 0.735. The first-order valence-corrected chi connectivity index (χ1v) is 9.03. The van der Waals surface area contributed by atoms with Crippen LogP contribution in [0.5, 0.6) is 0 Å². The van der Waals surface area contributed by atoms with Gasteiger partial charge < -0.3 is 15.1 Å². The number of hydrogen-bond donors (Lipinski definition) is 1. The van der Waals surface area contributed by atoms with Crippen molar-refractivity contribution < 1.29 is 0 Å². The fourth-order valence-electron chi connectivity index (χ4n) is 2.80. The van der Waals surface area contributed by atoms with Crippen LogP contribution in [0.3, 0.4) is 0 Å². The zero-order valence-electron chi connectivity index (χ0n) is 13.4. The van der Waals surface area contributed by atoms with Gasteiger partial charge in [-0.2, -0.15) is 0 Å². The number of para-hydroxylation sites is 1. The third-order valence-corrected chi connectivity index (χ3v) is 5.36. The minimum absolute atomic E-state index is 0.735. The highest BCUT2D eigenvalue weighted by Crippen LogP contribution is 2.27. The highest BCUT2D eigenvalue weighted by atomic mass is 35.5. The van der Waals surface area contributed by atoms with E-state index in [1.165, 1.54) is 0 Å². The molecule has 0 spiro atoms. The van der Waals surface area contributed by atoms with E-state index in [0.29, 0.717) is 0 Å². The Morgan fingerprint density at radius 2 is 1.62 bits per heavy atom. The normalized spacial score (nSPS) is 14.6. The van der Waals surface area contributed by atoms with Crippen molar-refractivity contribution in [2.45, 2.75) is 6.92 Å². The fraction of sp³-hybridized carbons (Fsp3) is 0.278. The molecule has 0 radical (unpaired) electrons. The molecule has 2 aromatic carbocycles. The molecule has 24 heavy (non-hydrogen) atoms. The van der Waals surface area contributed by atoms with E-state index in [1.54, 1.807) is 0 Å². The predicted octanol–water partition coefficient (Wildman–Crippen LogP) is 4.82. The van der Waals surface area contributed by atoms with Crippen LogP contribution >= 0.6 is 35.4 Å². The summed E-state index contributed by atoms with van der Waals surface area (Å²) in [6, 6.07) is 13.8. The maximum atomic E-state index is 6.29. The van der Waals surface area contributed by atoms with Crippen molar-refractivity contribution in [1.29, 1.82) is 0 Å². The van der Waals surface area contributed by atoms with Crippen molar-refractivity contribution in [3.05, 3.63) is 58.1 Å². The van der Waals surface area contributed by atoms with E-state index in [4.69, 9.17) is 35.4 Å². The molecule has 0 atom stereocenters. The molecule has 1 aliphatic rings. The summed E-state index contributed by atoms with van der Waals surface area (Å²) in [6.07, 6.45) is 0. The Bertz CT molecular complexity index is 743. The average Bonchev–Trinajstić information content (AvgIpc) is 2.59. The Kier molecular flexibility index (Phi) is 5.49. The minimum Gasteiger partial charge on any atom is -0.367 e. The van der Waals surface area contributed by atoms with Crippen LogP contribution in [-0.2, 0) is 0 Å². The Hall–Kier alpha value is -1.49. The second-order valence-electron chi connectivity index (χ2n) is 5.77. The number of rotatable bonds is 2. The van der Waals surface area contributed by atoms with E-state index in [-0.39, 0.29) is 0 Å². The van der Waals surface area contributed by atoms with E-state index in [2.05, 4.69) is 21.2 Å². The molecule has 0 aliphatic carbocycles. The SMILES string of the molecule is Cc1c(Cl)cccc1NC(=S)N1CCN(c2ccccc2Cl)CC1. The van der Waals surface area contributed by atoms with E-state index < -0.39 is 0 Å². The van der Waals surface area contributed by atoms with Crippen molar-refractivity contribution >= 4 is 51.9 Å². The van der Waals surface area contributed by atoms with Gasteiger partial charge in [0.05, 0.1) is 10.7 Å². The second-order valence-corrected chi connectivity index (χ2v) is 6.97. The van der Waals surface area contributed by atoms with E-state index >= 15 is 0 Å². The molecule has 1 saturated heterocycles. The van der Waals surface area contributed by atoms with Gasteiger partial charge >= 0.3 is 0 Å². The molecule has 0 saturated carbocycles. The molecule has 1 fully saturated rings. The van der Waals surface area contributed by atoms with Gasteiger partial charge in [0, 0.05) is 36.9 Å². The van der Waals surface area contributed by atoms with Gasteiger partial charge in [0.15, 0.2) is 5.11 Å². The zero-order chi connectivity index (χ0) is 17.1. The number of piperazine rings is 1. The van der Waals surface area contributed by atoms with Crippen LogP contribution in [0.1, 0.15) is 5.56 Å². The summed E-state index contributed by atoms with van der Waals surface area (Å²) >= 11 is 18.0. The number of nitrogens with zero attached hydrogens (tertiary/aromatic N) is 2. The molecule has 0 bridgehead atoms. The first-order valence-electron chi connectivity index (χ1n) is 7.87. The van der Waals surface area contributed by atoms with Gasteiger partial charge in [-0.15, -0.1) is 0 Å². The highest BCUT2D eigenvalue weighted by Gasteiger charge is 2.20. The molecule has 1 aliphatic heterocycles. The van der Waals surface area contributed by atoms with Gasteiger partial charge in [-0.3, -0.25) is 0 Å². The summed E-state index contributed by atoms with van der Waals surface area (Å²) in [5, 5.41) is 5.59. The van der Waals surface area contributed by atoms with Crippen LogP contribution in [0.25, 0.3) is 0 Å². The van der Waals surface area contributed by atoms with Gasteiger partial charge in [0.2, 0.25) is 0 Å². The molecule has 1 N–H and O–H groups in total. The Morgan fingerprint density at radius 3 is 2.33 bits per heavy atom. The quantitative estimate of drug-likeness (QED) is 0.753. The van der Waals surface area contributed by atoms with Gasteiger partial charge in [0.1, 0.15) is 0 Å². The lowest BCUT2D eigenvalue weighted by Crippen LogP contribution is -2.50. The highest BCUT2D eigenvalue weighted by molar-refractivity contribution is 7.80. The van der Waals surface area contributed by atoms with Crippen molar-refractivity contribution in [2.75, 3.05) is 36.4 Å². The smallest absolute Gasteiger partial charge is 0.173 e. The third kappa shape index (κ3) is 3.77. The Balaban J connectivity index is 1.61. The van der Waals surface area contributed by atoms with Crippen LogP contribution in [0.4, 0.5) is 11.4 Å². The molecule has 126 valence electrons. The van der Waals surface area contributed by atoms with Crippen molar-refractivity contribution in [1.82, 2.24) is 4.90 Å². The number of hydrogen-bond acceptors (Lipinski definition) is 2. The third-order valence-electron chi connectivity index (χ3n) is 4.27. The summed E-state index contributed by atoms with van der Waals surface area (Å²) in [5.41, 5.74) is 3.06. The predicted molar refractivity (Wildman–Crippen MR) is 108 cm³/mol. The number of nitrogens with one attached hydrogen (secondary N) is 1. The Morgan fingerprint density at radius 1 is 0.958 bits per heavy atom. The van der Waals surface area contributed by atoms with Crippen LogP contribution in [-0.4, -0.2) is 36.2 Å². The lowest BCUT2D eigenvalue weighted by Gasteiger charge is -2.37. The number of halogens is 2. The molecule has 0 aromatic heterocycles. The zero-order valence-corrected chi connectivity index (χ0v) is 15.8. The van der Waals surface area contributed by atoms with Gasteiger partial charge in [0.25, 0.3) is 0 Å². The molecule has 2 aromatic rings. The average molecular weight is 380 g/mol. The lowest BCUT2D eigenvalue weighted by molar-refractivity contribution is 0.391. The summed E-state index contributed by atoms with van der Waals surface area (Å²) < 4.78 is 0. The van der Waals surface area contributed by atoms with Crippen molar-refractivity contribution in [3.8, 4) is 0 Å². The maximum Gasteiger partial charge on any atom is 0.173 e. The summed E-state index contributed by atoms with van der Waals surface area (Å²) in [4.78, 5) is 4.48. The summed E-state index contributed by atoms with van der Waals surface area (Å²) in [5.74, 6) is 0. The van der Waals surface area contributed by atoms with Crippen molar-refractivity contribution in [3.63, 3.8) is 0 Å². The molecule has 3 rings (SSSR count). The lowest BCUT2D eigenvalue weighted by atomic mass is 10.2. The monoisotopic (exact) mass is 379 g/mol. The van der Waals surface area contributed by atoms with Crippen LogP contribution in [0, 0.1) is 6.92 Å².